The van der Waals surface area contributed by atoms with E-state index in [4.69, 9.17) is 5.73 Å². The molecule has 1 aliphatic heterocycles. The summed E-state index contributed by atoms with van der Waals surface area (Å²) in [5, 5.41) is 0. The molecule has 0 aromatic rings. The molecule has 122 valence electrons. The van der Waals surface area contributed by atoms with Crippen LogP contribution in [0.25, 0.3) is 0 Å². The first-order valence-corrected chi connectivity index (χ1v) is 8.65. The number of hydrogen-bond acceptors (Lipinski definition) is 3. The normalized spacial score (nSPS) is 35.2. The van der Waals surface area contributed by atoms with E-state index in [-0.39, 0.29) is 12.0 Å². The predicted molar refractivity (Wildman–Crippen MR) is 86.9 cm³/mol. The minimum absolute atomic E-state index is 0.146. The van der Waals surface area contributed by atoms with Crippen molar-refractivity contribution < 1.29 is 4.79 Å². The molecule has 1 amide bonds. The molecule has 2 N–H and O–H groups in total. The number of piperazine rings is 1. The van der Waals surface area contributed by atoms with E-state index < -0.39 is 0 Å². The summed E-state index contributed by atoms with van der Waals surface area (Å²) in [6.45, 7) is 13.9. The van der Waals surface area contributed by atoms with Crippen LogP contribution in [0.1, 0.15) is 40.5 Å². The maximum absolute atomic E-state index is 12.8. The molecule has 0 aromatic carbocycles. The van der Waals surface area contributed by atoms with Crippen LogP contribution in [0.2, 0.25) is 0 Å². The van der Waals surface area contributed by atoms with Crippen LogP contribution in [0, 0.1) is 23.7 Å². The zero-order chi connectivity index (χ0) is 15.6. The molecule has 1 saturated heterocycles. The highest BCUT2D eigenvalue weighted by Crippen LogP contribution is 2.34. The standard InChI is InChI=1S/C17H33N3O/c1-12(2)11-19-5-7-20(8-6-19)17(21)15-10-16(18)14(4)9-13(15)3/h12-16H,5-11,18H2,1-4H3. The second kappa shape index (κ2) is 7.10. The minimum atomic E-state index is 0.146. The van der Waals surface area contributed by atoms with Crippen molar-refractivity contribution in [2.75, 3.05) is 32.7 Å². The lowest BCUT2D eigenvalue weighted by atomic mass is 9.72. The average molecular weight is 295 g/mol. The highest BCUT2D eigenvalue weighted by molar-refractivity contribution is 5.79. The fourth-order valence-electron chi connectivity index (χ4n) is 3.93. The molecule has 4 unspecified atom stereocenters. The van der Waals surface area contributed by atoms with Gasteiger partial charge in [-0.15, -0.1) is 0 Å². The van der Waals surface area contributed by atoms with Crippen molar-refractivity contribution in [3.63, 3.8) is 0 Å². The van der Waals surface area contributed by atoms with E-state index in [0.717, 1.165) is 45.6 Å². The van der Waals surface area contributed by atoms with E-state index in [1.54, 1.807) is 0 Å². The fourth-order valence-corrected chi connectivity index (χ4v) is 3.93. The van der Waals surface area contributed by atoms with Gasteiger partial charge in [0.2, 0.25) is 5.91 Å². The maximum Gasteiger partial charge on any atom is 0.226 e. The second-order valence-electron chi connectivity index (χ2n) is 7.72. The predicted octanol–water partition coefficient (Wildman–Crippen LogP) is 1.80. The zero-order valence-corrected chi connectivity index (χ0v) is 14.2. The van der Waals surface area contributed by atoms with E-state index in [9.17, 15) is 4.79 Å². The van der Waals surface area contributed by atoms with Crippen LogP contribution >= 0.6 is 0 Å². The van der Waals surface area contributed by atoms with Crippen LogP contribution < -0.4 is 5.73 Å². The Morgan fingerprint density at radius 1 is 1.10 bits per heavy atom. The number of nitrogens with two attached hydrogens (primary N) is 1. The van der Waals surface area contributed by atoms with Crippen LogP contribution in [-0.2, 0) is 4.79 Å². The summed E-state index contributed by atoms with van der Waals surface area (Å²) in [6, 6.07) is 0.192. The van der Waals surface area contributed by atoms with Crippen LogP contribution in [0.3, 0.4) is 0 Å². The third kappa shape index (κ3) is 4.19. The van der Waals surface area contributed by atoms with Gasteiger partial charge in [0.1, 0.15) is 0 Å². The van der Waals surface area contributed by atoms with Crippen molar-refractivity contribution >= 4 is 5.91 Å². The quantitative estimate of drug-likeness (QED) is 0.863. The summed E-state index contributed by atoms with van der Waals surface area (Å²) in [4.78, 5) is 17.4. The lowest BCUT2D eigenvalue weighted by Gasteiger charge is -2.41. The van der Waals surface area contributed by atoms with Gasteiger partial charge in [0.05, 0.1) is 0 Å². The highest BCUT2D eigenvalue weighted by Gasteiger charge is 2.37. The van der Waals surface area contributed by atoms with Crippen molar-refractivity contribution in [3.8, 4) is 0 Å². The van der Waals surface area contributed by atoms with Crippen molar-refractivity contribution in [1.29, 1.82) is 0 Å². The molecular weight excluding hydrogens is 262 g/mol. The number of nitrogens with zero attached hydrogens (tertiary/aromatic N) is 2. The van der Waals surface area contributed by atoms with Gasteiger partial charge in [-0.1, -0.05) is 27.7 Å². The summed E-state index contributed by atoms with van der Waals surface area (Å²) < 4.78 is 0. The molecule has 2 aliphatic rings. The fraction of sp³-hybridized carbons (Fsp3) is 0.941. The van der Waals surface area contributed by atoms with E-state index in [1.165, 1.54) is 0 Å². The number of amides is 1. The molecule has 4 heteroatoms. The van der Waals surface area contributed by atoms with E-state index in [0.29, 0.717) is 23.7 Å². The molecule has 1 heterocycles. The highest BCUT2D eigenvalue weighted by atomic mass is 16.2. The Hall–Kier alpha value is -0.610. The van der Waals surface area contributed by atoms with Gasteiger partial charge in [0.25, 0.3) is 0 Å². The number of rotatable bonds is 3. The molecule has 21 heavy (non-hydrogen) atoms. The zero-order valence-electron chi connectivity index (χ0n) is 14.2. The maximum atomic E-state index is 12.8. The van der Waals surface area contributed by atoms with Gasteiger partial charge in [0, 0.05) is 44.7 Å². The molecule has 0 radical (unpaired) electrons. The number of hydrogen-bond donors (Lipinski definition) is 1. The Balaban J connectivity index is 1.87. The molecule has 1 aliphatic carbocycles. The Labute approximate surface area is 130 Å². The van der Waals surface area contributed by atoms with Gasteiger partial charge in [-0.3, -0.25) is 9.69 Å². The summed E-state index contributed by atoms with van der Waals surface area (Å²) in [6.07, 6.45) is 1.96. The topological polar surface area (TPSA) is 49.6 Å². The van der Waals surface area contributed by atoms with E-state index >= 15 is 0 Å². The van der Waals surface area contributed by atoms with Gasteiger partial charge >= 0.3 is 0 Å². The minimum Gasteiger partial charge on any atom is -0.340 e. The van der Waals surface area contributed by atoms with Crippen molar-refractivity contribution in [2.45, 2.75) is 46.6 Å². The first-order chi connectivity index (χ1) is 9.88. The van der Waals surface area contributed by atoms with Gasteiger partial charge < -0.3 is 10.6 Å². The summed E-state index contributed by atoms with van der Waals surface area (Å²) >= 11 is 0. The lowest BCUT2D eigenvalue weighted by molar-refractivity contribution is -0.140. The van der Waals surface area contributed by atoms with E-state index in [2.05, 4.69) is 37.5 Å². The van der Waals surface area contributed by atoms with Gasteiger partial charge in [-0.2, -0.15) is 0 Å². The van der Waals surface area contributed by atoms with Crippen molar-refractivity contribution in [2.24, 2.45) is 29.4 Å². The lowest BCUT2D eigenvalue weighted by Crippen LogP contribution is -2.53. The summed E-state index contributed by atoms with van der Waals surface area (Å²) in [5.41, 5.74) is 6.20. The van der Waals surface area contributed by atoms with E-state index in [1.807, 2.05) is 0 Å². The molecule has 0 bridgehead atoms. The van der Waals surface area contributed by atoms with Crippen LogP contribution in [-0.4, -0.2) is 54.5 Å². The summed E-state index contributed by atoms with van der Waals surface area (Å²) in [5.74, 6) is 2.22. The molecule has 0 aromatic heterocycles. The SMILES string of the molecule is CC(C)CN1CCN(C(=O)C2CC(N)C(C)CC2C)CC1. The molecule has 4 nitrogen and oxygen atoms in total. The van der Waals surface area contributed by atoms with Crippen LogP contribution in [0.15, 0.2) is 0 Å². The Kier molecular flexibility index (Phi) is 5.67. The molecule has 4 atom stereocenters. The first kappa shape index (κ1) is 16.8. The number of carbonyl (C=O) groups excluding carboxylic acids is 1. The molecule has 2 fully saturated rings. The van der Waals surface area contributed by atoms with Crippen molar-refractivity contribution in [3.05, 3.63) is 0 Å². The average Bonchev–Trinajstić information content (AvgIpc) is 2.42. The second-order valence-corrected chi connectivity index (χ2v) is 7.72. The molecule has 0 spiro atoms. The third-order valence-electron chi connectivity index (χ3n) is 5.31. The smallest absolute Gasteiger partial charge is 0.226 e. The monoisotopic (exact) mass is 295 g/mol. The van der Waals surface area contributed by atoms with Crippen LogP contribution in [0.5, 0.6) is 0 Å². The largest absolute Gasteiger partial charge is 0.340 e. The third-order valence-corrected chi connectivity index (χ3v) is 5.31. The van der Waals surface area contributed by atoms with Crippen LogP contribution in [0.4, 0.5) is 0 Å². The molecule has 2 rings (SSSR count). The Morgan fingerprint density at radius 3 is 2.29 bits per heavy atom. The van der Waals surface area contributed by atoms with Gasteiger partial charge in [-0.25, -0.2) is 0 Å². The summed E-state index contributed by atoms with van der Waals surface area (Å²) in [7, 11) is 0. The first-order valence-electron chi connectivity index (χ1n) is 8.65. The molecule has 1 saturated carbocycles. The van der Waals surface area contributed by atoms with Gasteiger partial charge in [-0.05, 0) is 30.6 Å². The number of carbonyl (C=O) groups is 1. The Morgan fingerprint density at radius 2 is 1.71 bits per heavy atom. The van der Waals surface area contributed by atoms with Crippen molar-refractivity contribution in [1.82, 2.24) is 9.80 Å². The Bertz CT molecular complexity index is 350. The van der Waals surface area contributed by atoms with Gasteiger partial charge in [0.15, 0.2) is 0 Å². The molecular formula is C17H33N3O.